The molecule has 2 aromatic rings. The van der Waals surface area contributed by atoms with Gasteiger partial charge in [-0.15, -0.1) is 0 Å². The molecule has 0 aliphatic carbocycles. The zero-order valence-electron chi connectivity index (χ0n) is 13.6. The van der Waals surface area contributed by atoms with Gasteiger partial charge < -0.3 is 10.6 Å². The first-order valence-corrected chi connectivity index (χ1v) is 8.41. The van der Waals surface area contributed by atoms with E-state index in [-0.39, 0.29) is 17.7 Å². The summed E-state index contributed by atoms with van der Waals surface area (Å²) in [7, 11) is 0. The van der Waals surface area contributed by atoms with Gasteiger partial charge >= 0.3 is 0 Å². The number of rotatable bonds is 5. The maximum atomic E-state index is 12.5. The normalized spacial score (nSPS) is 17.4. The molecule has 1 saturated heterocycles. The Hall–Kier alpha value is -2.62. The number of amides is 2. The minimum atomic E-state index is -0.404. The third-order valence-corrected chi connectivity index (χ3v) is 4.41. The SMILES string of the molecule is O=C(CC(c1ccccc1)c1ccccc1)N[C@@H]1CCCNC1=O. The fraction of sp³-hybridized carbons (Fsp3) is 0.300. The summed E-state index contributed by atoms with van der Waals surface area (Å²) in [5.41, 5.74) is 2.21. The van der Waals surface area contributed by atoms with Crippen LogP contribution in [0.3, 0.4) is 0 Å². The molecule has 1 fully saturated rings. The second kappa shape index (κ2) is 7.77. The van der Waals surface area contributed by atoms with Gasteiger partial charge in [0.1, 0.15) is 6.04 Å². The van der Waals surface area contributed by atoms with E-state index < -0.39 is 6.04 Å². The van der Waals surface area contributed by atoms with E-state index in [4.69, 9.17) is 0 Å². The number of hydrogen-bond donors (Lipinski definition) is 2. The average Bonchev–Trinajstić information content (AvgIpc) is 2.63. The van der Waals surface area contributed by atoms with Crippen molar-refractivity contribution in [1.82, 2.24) is 10.6 Å². The van der Waals surface area contributed by atoms with Crippen molar-refractivity contribution < 1.29 is 9.59 Å². The number of carbonyl (C=O) groups is 2. The smallest absolute Gasteiger partial charge is 0.242 e. The molecule has 0 unspecified atom stereocenters. The third-order valence-electron chi connectivity index (χ3n) is 4.41. The Labute approximate surface area is 142 Å². The molecule has 124 valence electrons. The van der Waals surface area contributed by atoms with E-state index in [0.29, 0.717) is 19.4 Å². The largest absolute Gasteiger partial charge is 0.354 e. The van der Waals surface area contributed by atoms with Crippen LogP contribution in [0.1, 0.15) is 36.3 Å². The molecule has 0 spiro atoms. The van der Waals surface area contributed by atoms with Crippen LogP contribution < -0.4 is 10.6 Å². The molecule has 3 rings (SSSR count). The molecule has 0 radical (unpaired) electrons. The van der Waals surface area contributed by atoms with Crippen molar-refractivity contribution >= 4 is 11.8 Å². The van der Waals surface area contributed by atoms with Gasteiger partial charge in [-0.25, -0.2) is 0 Å². The van der Waals surface area contributed by atoms with Gasteiger partial charge in [-0.1, -0.05) is 60.7 Å². The molecule has 0 bridgehead atoms. The highest BCUT2D eigenvalue weighted by molar-refractivity contribution is 5.88. The number of benzene rings is 2. The van der Waals surface area contributed by atoms with E-state index in [2.05, 4.69) is 10.6 Å². The van der Waals surface area contributed by atoms with Gasteiger partial charge in [-0.2, -0.15) is 0 Å². The maximum Gasteiger partial charge on any atom is 0.242 e. The second-order valence-corrected chi connectivity index (χ2v) is 6.13. The summed E-state index contributed by atoms with van der Waals surface area (Å²) in [6.45, 7) is 0.696. The summed E-state index contributed by atoms with van der Waals surface area (Å²) in [4.78, 5) is 24.4. The van der Waals surface area contributed by atoms with Gasteiger partial charge in [0.2, 0.25) is 11.8 Å². The lowest BCUT2D eigenvalue weighted by molar-refractivity contribution is -0.130. The van der Waals surface area contributed by atoms with Crippen molar-refractivity contribution in [3.63, 3.8) is 0 Å². The summed E-state index contributed by atoms with van der Waals surface area (Å²) < 4.78 is 0. The van der Waals surface area contributed by atoms with Crippen LogP contribution in [-0.4, -0.2) is 24.4 Å². The molecule has 1 aliphatic heterocycles. The molecule has 2 N–H and O–H groups in total. The van der Waals surface area contributed by atoms with E-state index in [1.54, 1.807) is 0 Å². The fourth-order valence-corrected chi connectivity index (χ4v) is 3.15. The lowest BCUT2D eigenvalue weighted by Gasteiger charge is -2.24. The molecule has 24 heavy (non-hydrogen) atoms. The van der Waals surface area contributed by atoms with Crippen LogP contribution in [0.2, 0.25) is 0 Å². The summed E-state index contributed by atoms with van der Waals surface area (Å²) in [6.07, 6.45) is 1.94. The Morgan fingerprint density at radius 1 is 1.04 bits per heavy atom. The van der Waals surface area contributed by atoms with Gasteiger partial charge in [-0.05, 0) is 24.0 Å². The molecule has 2 aromatic carbocycles. The number of nitrogens with one attached hydrogen (secondary N) is 2. The topological polar surface area (TPSA) is 58.2 Å². The van der Waals surface area contributed by atoms with Crippen molar-refractivity contribution in [1.29, 1.82) is 0 Å². The molecule has 2 amide bonds. The van der Waals surface area contributed by atoms with Gasteiger partial charge in [0.05, 0.1) is 0 Å². The van der Waals surface area contributed by atoms with Crippen LogP contribution in [0.15, 0.2) is 60.7 Å². The van der Waals surface area contributed by atoms with Crippen molar-refractivity contribution in [2.75, 3.05) is 6.54 Å². The Balaban J connectivity index is 1.74. The predicted octanol–water partition coefficient (Wildman–Crippen LogP) is 2.60. The van der Waals surface area contributed by atoms with Crippen LogP contribution in [0.4, 0.5) is 0 Å². The second-order valence-electron chi connectivity index (χ2n) is 6.13. The van der Waals surface area contributed by atoms with Crippen LogP contribution in [0.5, 0.6) is 0 Å². The van der Waals surface area contributed by atoms with Crippen molar-refractivity contribution in [2.45, 2.75) is 31.2 Å². The van der Waals surface area contributed by atoms with Gasteiger partial charge in [0, 0.05) is 18.9 Å². The molecular formula is C20H22N2O2. The molecule has 0 aromatic heterocycles. The van der Waals surface area contributed by atoms with Crippen LogP contribution in [-0.2, 0) is 9.59 Å². The molecular weight excluding hydrogens is 300 g/mol. The average molecular weight is 322 g/mol. The summed E-state index contributed by atoms with van der Waals surface area (Å²) in [5.74, 6) is -0.181. The molecule has 4 heteroatoms. The Kier molecular flexibility index (Phi) is 5.26. The lowest BCUT2D eigenvalue weighted by Crippen LogP contribution is -2.50. The molecule has 1 heterocycles. The van der Waals surface area contributed by atoms with Gasteiger partial charge in [0.25, 0.3) is 0 Å². The van der Waals surface area contributed by atoms with Gasteiger partial charge in [0.15, 0.2) is 0 Å². The predicted molar refractivity (Wildman–Crippen MR) is 93.5 cm³/mol. The third kappa shape index (κ3) is 4.02. The summed E-state index contributed by atoms with van der Waals surface area (Å²) in [6, 6.07) is 19.6. The van der Waals surface area contributed by atoms with E-state index in [1.165, 1.54) is 0 Å². The van der Waals surface area contributed by atoms with Crippen molar-refractivity contribution in [3.8, 4) is 0 Å². The number of hydrogen-bond acceptors (Lipinski definition) is 2. The summed E-state index contributed by atoms with van der Waals surface area (Å²) >= 11 is 0. The minimum absolute atomic E-state index is 0.0148. The van der Waals surface area contributed by atoms with Crippen molar-refractivity contribution in [3.05, 3.63) is 71.8 Å². The van der Waals surface area contributed by atoms with Crippen molar-refractivity contribution in [2.24, 2.45) is 0 Å². The highest BCUT2D eigenvalue weighted by Crippen LogP contribution is 2.27. The van der Waals surface area contributed by atoms with E-state index >= 15 is 0 Å². The molecule has 1 atom stereocenters. The van der Waals surface area contributed by atoms with Gasteiger partial charge in [-0.3, -0.25) is 9.59 Å². The molecule has 0 saturated carbocycles. The first-order chi connectivity index (χ1) is 11.7. The Morgan fingerprint density at radius 3 is 2.17 bits per heavy atom. The fourth-order valence-electron chi connectivity index (χ4n) is 3.15. The van der Waals surface area contributed by atoms with E-state index in [9.17, 15) is 9.59 Å². The minimum Gasteiger partial charge on any atom is -0.354 e. The molecule has 1 aliphatic rings. The highest BCUT2D eigenvalue weighted by atomic mass is 16.2. The standard InChI is InChI=1S/C20H22N2O2/c23-19(22-18-12-7-13-21-20(18)24)14-17(15-8-3-1-4-9-15)16-10-5-2-6-11-16/h1-6,8-11,17-18H,7,12-14H2,(H,21,24)(H,22,23)/t18-/m1/s1. The monoisotopic (exact) mass is 322 g/mol. The van der Waals surface area contributed by atoms with E-state index in [1.807, 2.05) is 60.7 Å². The van der Waals surface area contributed by atoms with Crippen LogP contribution in [0, 0.1) is 0 Å². The highest BCUT2D eigenvalue weighted by Gasteiger charge is 2.25. The lowest BCUT2D eigenvalue weighted by atomic mass is 9.88. The maximum absolute atomic E-state index is 12.5. The quantitative estimate of drug-likeness (QED) is 0.889. The first kappa shape index (κ1) is 16.2. The Morgan fingerprint density at radius 2 is 1.62 bits per heavy atom. The zero-order valence-corrected chi connectivity index (χ0v) is 13.6. The Bertz CT molecular complexity index is 646. The van der Waals surface area contributed by atoms with Crippen LogP contribution >= 0.6 is 0 Å². The first-order valence-electron chi connectivity index (χ1n) is 8.41. The number of piperidine rings is 1. The molecule has 4 nitrogen and oxygen atoms in total. The van der Waals surface area contributed by atoms with Crippen LogP contribution in [0.25, 0.3) is 0 Å². The van der Waals surface area contributed by atoms with E-state index in [0.717, 1.165) is 17.5 Å². The summed E-state index contributed by atoms with van der Waals surface area (Å²) in [5, 5.41) is 5.69. The number of carbonyl (C=O) groups excluding carboxylic acids is 2. The zero-order chi connectivity index (χ0) is 16.8.